The third-order valence-electron chi connectivity index (χ3n) is 19.2. The number of halogens is 8. The van der Waals surface area contributed by atoms with Crippen LogP contribution < -0.4 is 55.7 Å². The molecule has 2 aromatic heterocycles. The van der Waals surface area contributed by atoms with Gasteiger partial charge < -0.3 is 63.4 Å². The van der Waals surface area contributed by atoms with Crippen molar-refractivity contribution >= 4 is 188 Å². The van der Waals surface area contributed by atoms with Crippen molar-refractivity contribution in [2.75, 3.05) is 74.2 Å². The van der Waals surface area contributed by atoms with Crippen LogP contribution in [0.25, 0.3) is 0 Å². The largest absolute Gasteiger partial charge is 1.00 e. The molecule has 0 spiro atoms. The van der Waals surface area contributed by atoms with Crippen molar-refractivity contribution in [3.63, 3.8) is 0 Å². The number of likely N-dealkylation sites (tertiary alicyclic amines) is 1. The summed E-state index contributed by atoms with van der Waals surface area (Å²) in [7, 11) is -2.91. The van der Waals surface area contributed by atoms with Gasteiger partial charge in [-0.05, 0) is 234 Å². The number of aromatic nitrogens is 4. The molecule has 0 aliphatic carbocycles. The van der Waals surface area contributed by atoms with Crippen molar-refractivity contribution in [1.29, 1.82) is 21.0 Å². The quantitative estimate of drug-likeness (QED) is 0.0156. The van der Waals surface area contributed by atoms with Crippen LogP contribution in [0.5, 0.6) is 0 Å². The van der Waals surface area contributed by atoms with Crippen molar-refractivity contribution in [3.8, 4) is 24.3 Å². The maximum absolute atomic E-state index is 14.3. The molecule has 6 amide bonds. The molecule has 8 heterocycles. The van der Waals surface area contributed by atoms with Gasteiger partial charge in [0, 0.05) is 103 Å². The zero-order chi connectivity index (χ0) is 98.7. The second kappa shape index (κ2) is 58.3. The van der Waals surface area contributed by atoms with Crippen LogP contribution in [0.3, 0.4) is 0 Å². The number of imidazole rings is 2. The third kappa shape index (κ3) is 41.6. The van der Waals surface area contributed by atoms with E-state index >= 15 is 0 Å². The van der Waals surface area contributed by atoms with Crippen LogP contribution in [0.15, 0.2) is 107 Å². The predicted octanol–water partition coefficient (Wildman–Crippen LogP) is 10.3. The number of rotatable bonds is 19. The summed E-state index contributed by atoms with van der Waals surface area (Å²) >= 11 is 34.3. The summed E-state index contributed by atoms with van der Waals surface area (Å²) in [6, 6.07) is 28.5. The average molecular weight is 2110 g/mol. The molecule has 4 saturated heterocycles. The fraction of sp³-hybridized carbons (Fsp3) is 0.556. The van der Waals surface area contributed by atoms with E-state index in [0.29, 0.717) is 77.0 Å². The van der Waals surface area contributed by atoms with E-state index in [1.165, 1.54) is 114 Å². The fourth-order valence-corrected chi connectivity index (χ4v) is 17.0. The molecule has 0 saturated carbocycles. The molecule has 6 aliphatic rings. The normalized spacial score (nSPS) is 17.9. The Hall–Kier alpha value is -7.13. The summed E-state index contributed by atoms with van der Waals surface area (Å²) in [6.45, 7) is 30.2. The van der Waals surface area contributed by atoms with Crippen molar-refractivity contribution in [1.82, 2.24) is 49.6 Å². The Labute approximate surface area is 866 Å². The Morgan fingerprint density at radius 2 is 0.934 bits per heavy atom. The van der Waals surface area contributed by atoms with Gasteiger partial charge in [0.25, 0.3) is 30.9 Å². The SMILES string of the molecule is C.C.C.C1CCOC1.CC#N.CC(C)(O)C#N.CC(C)(O)CN.CC(C)(O)CNC(=O)[C@@H]1CCCN1.CC(C)(O)CNC(=O)[C@@H]1CCCN1C(=O)OC(C)(C)C.CC(C)(O)CNC(=O)[C@@H]1CCCN1S(=O)(=O)c1cnc2n1[C@](C)(Cc1ccc(C#N)cc1)C(=O)N2c1cc(Cl)cc(Cl)c1.C[C@@]1(Cc2ccc(C#N)cc2)C(=O)N(c2cc(Cl)cc(Cl)c2)c2ncc(S(=O)(=O)Cl)n21.Cl.ClCCl.[AlH3].[H-].[Li+]. The number of benzene rings is 4. The number of nitrogens with one attached hydrogen (secondary N) is 4. The molecule has 11 N–H and O–H groups in total. The minimum Gasteiger partial charge on any atom is -1.00 e. The van der Waals surface area contributed by atoms with E-state index in [1.54, 1.807) is 137 Å². The maximum atomic E-state index is 14.3. The van der Waals surface area contributed by atoms with Gasteiger partial charge in [0.05, 0.1) is 93.0 Å². The van der Waals surface area contributed by atoms with Crippen molar-refractivity contribution < 1.29 is 101 Å². The van der Waals surface area contributed by atoms with Crippen LogP contribution in [-0.4, -0.2) is 240 Å². The molecule has 136 heavy (non-hydrogen) atoms. The molecule has 6 aromatic rings. The molecule has 754 valence electrons. The smallest absolute Gasteiger partial charge is 1.00 e. The number of alkyl halides is 2. The van der Waals surface area contributed by atoms with Gasteiger partial charge in [0.2, 0.25) is 29.6 Å². The van der Waals surface area contributed by atoms with Crippen molar-refractivity contribution in [3.05, 3.63) is 140 Å². The number of hydrogen-bond donors (Lipinski definition) is 10. The first kappa shape index (κ1) is 133. The summed E-state index contributed by atoms with van der Waals surface area (Å²) < 4.78 is 67.1. The number of carbonyl (C=O) groups is 6. The zero-order valence-electron chi connectivity index (χ0n) is 78.1. The standard InChI is InChI=1S/C29H30Cl2N6O5S.C20H13Cl3N4O3S.C14H26N2O4.C9H18N2O2.C4H11NO.C4H7NO.C4H8O.C2H3N.CH2Cl2.3CH4.Al.ClH.Li.4H/c1-28(2,40)17-34-25(38)23-5-4-10-35(23)43(41,42)24-16-33-27-36(22-12-20(30)11-21(31)13-22)26(39)29(3,37(24)27)14-18-6-8-19(15-32)9-7-18;1-20(9-12-2-4-13(10-24)5-3-12)18(28)26(16-7-14(21)6-15(22)8-16)19-25-11-17(27(19)20)31(23,29)30;1-13(2,3)20-12(18)16-8-6-7-10(16)11(17)15-9-14(4,5)19;1-9(2,13)6-11-8(12)7-4-3-5-10-7;2*1-4(2,6)3-5;1-2-4-5-3-1;1-2-3;2-1-3;;;;;;;;;;/h6-9,11-13,16,23,40H,4-5,10,14,17H2,1-3H3,(H,34,38);2-8,11H,9H2,1H3;10,19H,6-9H2,1-5H3,(H,15,17);7,10,13H,3-6H2,1-2H3,(H,11,12);6H,3,5H2,1-2H3;6H,1-2H3;1-4H2;1H3;1H2;3*1H4;;1H;;;;;/q;;;;;;;;;;;;;;+1;;;;-1/t23-,29+;20-;10-;7-;;;;;;;;;;;;;;;/m0100.............../s1. The molecule has 46 heteroatoms. The molecule has 0 bridgehead atoms. The number of fused-ring (bicyclic) bond motifs is 2. The van der Waals surface area contributed by atoms with Gasteiger partial charge in [0.1, 0.15) is 34.4 Å². The molecule has 34 nitrogen and oxygen atoms in total. The average Bonchev–Trinajstić information content (AvgIpc) is 1.55. The minimum atomic E-state index is -4.35. The van der Waals surface area contributed by atoms with Crippen LogP contribution >= 0.6 is 92.7 Å². The van der Waals surface area contributed by atoms with E-state index < -0.39 is 99.7 Å². The summed E-state index contributed by atoms with van der Waals surface area (Å²) in [6.07, 6.45) is 8.71. The van der Waals surface area contributed by atoms with E-state index in [4.69, 9.17) is 121 Å². The second-order valence-electron chi connectivity index (χ2n) is 35.1. The van der Waals surface area contributed by atoms with Gasteiger partial charge in [-0.3, -0.25) is 38.0 Å². The number of nitrogens with zero attached hydrogens (tertiary/aromatic N) is 12. The van der Waals surface area contributed by atoms with Gasteiger partial charge in [-0.1, -0.05) is 92.9 Å². The molecular formula is C90H135AlCl8LiN17O17S2. The molecule has 0 radical (unpaired) electrons. The summed E-state index contributed by atoms with van der Waals surface area (Å²) in [5, 5.41) is 91.6. The van der Waals surface area contributed by atoms with E-state index in [1.807, 2.05) is 6.07 Å². The topological polar surface area (TPSA) is 508 Å². The van der Waals surface area contributed by atoms with Crippen LogP contribution in [0.2, 0.25) is 20.1 Å². The molecule has 4 fully saturated rings. The number of aliphatic hydroxyl groups is 5. The molecule has 4 aromatic carbocycles. The van der Waals surface area contributed by atoms with Crippen molar-refractivity contribution in [2.45, 2.75) is 270 Å². The van der Waals surface area contributed by atoms with Crippen LogP contribution in [0.4, 0.5) is 28.1 Å². The molecule has 6 aliphatic heterocycles. The Balaban J connectivity index is -0.000000825. The molecule has 0 unspecified atom stereocenters. The predicted molar refractivity (Wildman–Crippen MR) is 537 cm³/mol. The first-order valence-electron chi connectivity index (χ1n) is 41.2. The number of sulfonamides is 1. The summed E-state index contributed by atoms with van der Waals surface area (Å²) in [5.41, 5.74) is -0.194. The molecular weight excluding hydrogens is 1970 g/mol. The van der Waals surface area contributed by atoms with E-state index in [2.05, 4.69) is 37.3 Å². The van der Waals surface area contributed by atoms with Gasteiger partial charge in [-0.15, -0.1) is 35.6 Å². The Morgan fingerprint density at radius 3 is 1.25 bits per heavy atom. The van der Waals surface area contributed by atoms with Crippen molar-refractivity contribution in [2.24, 2.45) is 5.73 Å². The Morgan fingerprint density at radius 1 is 0.588 bits per heavy atom. The summed E-state index contributed by atoms with van der Waals surface area (Å²) in [5.74, 6) is -1.51. The third-order valence-corrected chi connectivity index (χ3v) is 23.2. The van der Waals surface area contributed by atoms with E-state index in [-0.39, 0.29) is 160 Å². The van der Waals surface area contributed by atoms with E-state index in [0.717, 1.165) is 55.1 Å². The monoisotopic (exact) mass is 2100 g/mol. The minimum absolute atomic E-state index is 0. The zero-order valence-corrected chi connectivity index (χ0v) is 84.8. The van der Waals surface area contributed by atoms with Gasteiger partial charge >= 0.3 is 25.0 Å². The maximum Gasteiger partial charge on any atom is 1.00 e. The number of anilines is 4. The van der Waals surface area contributed by atoms with Gasteiger partial charge in [-0.2, -0.15) is 25.4 Å². The first-order chi connectivity index (χ1) is 60.1. The first-order valence-corrected chi connectivity index (χ1v) is 47.5. The van der Waals surface area contributed by atoms with Gasteiger partial charge in [-0.25, -0.2) is 41.4 Å². The number of nitrogens with two attached hydrogens (primary N) is 1. The van der Waals surface area contributed by atoms with Gasteiger partial charge in [0.15, 0.2) is 27.4 Å². The fourth-order valence-electron chi connectivity index (χ4n) is 13.1. The molecule has 5 atom stereocenters. The van der Waals surface area contributed by atoms with Crippen LogP contribution in [0, 0.1) is 45.3 Å². The van der Waals surface area contributed by atoms with E-state index in [9.17, 15) is 66.2 Å². The second-order valence-corrected chi connectivity index (χ2v) is 42.0. The number of carbonyl (C=O) groups excluding carboxylic acids is 6. The number of amides is 6. The van der Waals surface area contributed by atoms with Crippen LogP contribution in [0.1, 0.15) is 208 Å². The number of nitriles is 4. The number of hydrogen-bond acceptors (Lipinski definition) is 25. The summed E-state index contributed by atoms with van der Waals surface area (Å²) in [4.78, 5) is 89.2. The Kier molecular flexibility index (Phi) is 57.0. The molecule has 12 rings (SSSR count). The number of ether oxygens (including phenoxy) is 2. The Bertz CT molecular complexity index is 5230. The van der Waals surface area contributed by atoms with Crippen LogP contribution in [-0.2, 0) is 76.4 Å².